The van der Waals surface area contributed by atoms with Crippen molar-refractivity contribution in [3.05, 3.63) is 29.8 Å². The third-order valence-electron chi connectivity index (χ3n) is 8.64. The summed E-state index contributed by atoms with van der Waals surface area (Å²) < 4.78 is 0. The first-order chi connectivity index (χ1) is 17.0. The number of nitrogens with zero attached hydrogens (tertiary/aromatic N) is 1. The van der Waals surface area contributed by atoms with Crippen LogP contribution in [-0.4, -0.2) is 68.8 Å². The molecule has 196 valence electrons. The minimum Gasteiger partial charge on any atom is -0.391 e. The Bertz CT molecular complexity index is 799. The number of thiocarbonyl (C=S) groups is 1. The normalized spacial score (nSPS) is 33.3. The van der Waals surface area contributed by atoms with Gasteiger partial charge in [0.05, 0.1) is 30.4 Å². The number of aliphatic hydroxyl groups excluding tert-OH is 3. The number of hydrogen-bond acceptors (Lipinski definition) is 5. The standard InChI is InChI=1S/C28H45N3O3S/c1-2-3-4-5-7-19-9-11-20(12-10-19)21-13-15-22(16-14-21)30-28(35)29-18-23-26(33)27(34)25-24(32)8-6-17-31(23)25/h13-16,19-20,23-27,32-34H,2-12,17-18H2,1H3,(H2,29,30,35)/t19?,20?,23-,24-,25-,26-,27+/m1/s1. The van der Waals surface area contributed by atoms with E-state index >= 15 is 0 Å². The number of anilines is 1. The molecule has 0 spiro atoms. The molecular formula is C28H45N3O3S. The molecule has 35 heavy (non-hydrogen) atoms. The van der Waals surface area contributed by atoms with Crippen molar-refractivity contribution in [1.29, 1.82) is 0 Å². The summed E-state index contributed by atoms with van der Waals surface area (Å²) in [7, 11) is 0. The maximum absolute atomic E-state index is 10.5. The highest BCUT2D eigenvalue weighted by Gasteiger charge is 2.51. The molecule has 6 nitrogen and oxygen atoms in total. The second kappa shape index (κ2) is 12.8. The summed E-state index contributed by atoms with van der Waals surface area (Å²) in [6, 6.07) is 8.00. The third kappa shape index (κ3) is 6.75. The van der Waals surface area contributed by atoms with Crippen molar-refractivity contribution >= 4 is 23.0 Å². The van der Waals surface area contributed by atoms with Crippen LogP contribution in [0.4, 0.5) is 5.69 Å². The van der Waals surface area contributed by atoms with Crippen molar-refractivity contribution in [2.24, 2.45) is 5.92 Å². The van der Waals surface area contributed by atoms with Crippen LogP contribution in [0.15, 0.2) is 24.3 Å². The van der Waals surface area contributed by atoms with E-state index in [1.165, 1.54) is 63.4 Å². The van der Waals surface area contributed by atoms with Gasteiger partial charge in [0.15, 0.2) is 5.11 Å². The zero-order valence-electron chi connectivity index (χ0n) is 21.2. The molecule has 2 saturated heterocycles. The van der Waals surface area contributed by atoms with Crippen LogP contribution in [0.2, 0.25) is 0 Å². The Hall–Kier alpha value is -1.25. The van der Waals surface area contributed by atoms with Crippen molar-refractivity contribution in [3.8, 4) is 0 Å². The number of piperidine rings is 1. The second-order valence-corrected chi connectivity index (χ2v) is 11.4. The number of hydrogen-bond donors (Lipinski definition) is 5. The summed E-state index contributed by atoms with van der Waals surface area (Å²) in [4.78, 5) is 2.04. The molecule has 0 amide bonds. The minimum absolute atomic E-state index is 0.270. The van der Waals surface area contributed by atoms with Gasteiger partial charge < -0.3 is 26.0 Å². The smallest absolute Gasteiger partial charge is 0.170 e. The molecule has 1 aliphatic carbocycles. The molecule has 5 atom stereocenters. The van der Waals surface area contributed by atoms with Crippen LogP contribution in [0.1, 0.15) is 89.0 Å². The lowest BCUT2D eigenvalue weighted by Crippen LogP contribution is -2.52. The van der Waals surface area contributed by atoms with Crippen LogP contribution in [0.5, 0.6) is 0 Å². The molecule has 0 radical (unpaired) electrons. The summed E-state index contributed by atoms with van der Waals surface area (Å²) in [6.45, 7) is 3.47. The molecule has 4 rings (SSSR count). The zero-order valence-corrected chi connectivity index (χ0v) is 22.1. The van der Waals surface area contributed by atoms with Crippen molar-refractivity contribution in [3.63, 3.8) is 0 Å². The van der Waals surface area contributed by atoms with Crippen molar-refractivity contribution in [1.82, 2.24) is 10.2 Å². The molecule has 2 aliphatic heterocycles. The molecule has 0 bridgehead atoms. The first kappa shape index (κ1) is 26.8. The van der Waals surface area contributed by atoms with E-state index in [0.717, 1.165) is 24.6 Å². The molecule has 0 aromatic heterocycles. The highest BCUT2D eigenvalue weighted by atomic mass is 32.1. The van der Waals surface area contributed by atoms with Gasteiger partial charge in [-0.25, -0.2) is 0 Å². The van der Waals surface area contributed by atoms with Crippen LogP contribution < -0.4 is 10.6 Å². The maximum atomic E-state index is 10.5. The largest absolute Gasteiger partial charge is 0.391 e. The van der Waals surface area contributed by atoms with Gasteiger partial charge in [0.25, 0.3) is 0 Å². The Balaban J connectivity index is 1.20. The Labute approximate surface area is 216 Å². The first-order valence-electron chi connectivity index (χ1n) is 13.9. The average Bonchev–Trinajstić information content (AvgIpc) is 3.12. The maximum Gasteiger partial charge on any atom is 0.170 e. The highest BCUT2D eigenvalue weighted by Crippen LogP contribution is 2.38. The van der Waals surface area contributed by atoms with Crippen LogP contribution in [0, 0.1) is 5.92 Å². The Kier molecular flexibility index (Phi) is 9.82. The fourth-order valence-electron chi connectivity index (χ4n) is 6.55. The topological polar surface area (TPSA) is 88.0 Å². The van der Waals surface area contributed by atoms with Gasteiger partial charge in [-0.2, -0.15) is 0 Å². The van der Waals surface area contributed by atoms with Gasteiger partial charge in [-0.15, -0.1) is 0 Å². The fourth-order valence-corrected chi connectivity index (χ4v) is 6.75. The molecular weight excluding hydrogens is 458 g/mol. The quantitative estimate of drug-likeness (QED) is 0.256. The summed E-state index contributed by atoms with van der Waals surface area (Å²) in [5.74, 6) is 1.60. The molecule has 3 aliphatic rings. The van der Waals surface area contributed by atoms with Gasteiger partial charge in [0.1, 0.15) is 0 Å². The number of fused-ring (bicyclic) bond motifs is 1. The van der Waals surface area contributed by atoms with E-state index in [1.54, 1.807) is 0 Å². The van der Waals surface area contributed by atoms with Crippen LogP contribution in [0.25, 0.3) is 0 Å². The summed E-state index contributed by atoms with van der Waals surface area (Å²) in [6.07, 6.45) is 11.3. The Morgan fingerprint density at radius 3 is 2.43 bits per heavy atom. The lowest BCUT2D eigenvalue weighted by molar-refractivity contribution is -0.0291. The number of unbranched alkanes of at least 4 members (excludes halogenated alkanes) is 3. The number of nitrogens with one attached hydrogen (secondary N) is 2. The molecule has 7 heteroatoms. The van der Waals surface area contributed by atoms with E-state index in [1.807, 2.05) is 4.90 Å². The zero-order chi connectivity index (χ0) is 24.8. The first-order valence-corrected chi connectivity index (χ1v) is 14.3. The van der Waals surface area contributed by atoms with E-state index < -0.39 is 24.4 Å². The molecule has 2 heterocycles. The van der Waals surface area contributed by atoms with Gasteiger partial charge in [-0.05, 0) is 86.8 Å². The van der Waals surface area contributed by atoms with Crippen LogP contribution >= 0.6 is 12.2 Å². The van der Waals surface area contributed by atoms with Crippen molar-refractivity contribution in [2.45, 2.75) is 114 Å². The Morgan fingerprint density at radius 1 is 0.971 bits per heavy atom. The van der Waals surface area contributed by atoms with E-state index in [9.17, 15) is 15.3 Å². The third-order valence-corrected chi connectivity index (χ3v) is 8.88. The lowest BCUT2D eigenvalue weighted by atomic mass is 9.77. The predicted octanol–water partition coefficient (Wildman–Crippen LogP) is 4.15. The average molecular weight is 504 g/mol. The number of benzene rings is 1. The van der Waals surface area contributed by atoms with Gasteiger partial charge >= 0.3 is 0 Å². The van der Waals surface area contributed by atoms with Crippen LogP contribution in [-0.2, 0) is 0 Å². The van der Waals surface area contributed by atoms with E-state index in [2.05, 4.69) is 41.8 Å². The summed E-state index contributed by atoms with van der Waals surface area (Å²) in [5, 5.41) is 38.2. The predicted molar refractivity (Wildman–Crippen MR) is 146 cm³/mol. The molecule has 5 N–H and O–H groups in total. The minimum atomic E-state index is -0.928. The van der Waals surface area contributed by atoms with E-state index in [-0.39, 0.29) is 6.04 Å². The monoisotopic (exact) mass is 503 g/mol. The molecule has 0 unspecified atom stereocenters. The lowest BCUT2D eigenvalue weighted by Gasteiger charge is -2.37. The van der Waals surface area contributed by atoms with Crippen molar-refractivity contribution < 1.29 is 15.3 Å². The van der Waals surface area contributed by atoms with Crippen molar-refractivity contribution in [2.75, 3.05) is 18.4 Å². The van der Waals surface area contributed by atoms with E-state index in [0.29, 0.717) is 24.0 Å². The van der Waals surface area contributed by atoms with E-state index in [4.69, 9.17) is 12.2 Å². The highest BCUT2D eigenvalue weighted by molar-refractivity contribution is 7.80. The van der Waals surface area contributed by atoms with Gasteiger partial charge in [0, 0.05) is 12.2 Å². The van der Waals surface area contributed by atoms with Gasteiger partial charge in [-0.3, -0.25) is 4.90 Å². The SMILES string of the molecule is CCCCCCC1CCC(c2ccc(NC(=S)NC[C@@H]3[C@@H](O)[C@@H](O)[C@H]4[C@H](O)CCCN43)cc2)CC1. The summed E-state index contributed by atoms with van der Waals surface area (Å²) in [5.41, 5.74) is 2.38. The van der Waals surface area contributed by atoms with Crippen LogP contribution in [0.3, 0.4) is 0 Å². The number of aliphatic hydroxyl groups is 3. The molecule has 3 fully saturated rings. The number of rotatable bonds is 9. The van der Waals surface area contributed by atoms with Gasteiger partial charge in [0.2, 0.25) is 0 Å². The fraction of sp³-hybridized carbons (Fsp3) is 0.750. The molecule has 1 saturated carbocycles. The molecule has 1 aromatic rings. The molecule has 1 aromatic carbocycles. The Morgan fingerprint density at radius 2 is 1.71 bits per heavy atom. The summed E-state index contributed by atoms with van der Waals surface area (Å²) >= 11 is 5.50. The second-order valence-electron chi connectivity index (χ2n) is 11.0. The van der Waals surface area contributed by atoms with Gasteiger partial charge in [-0.1, -0.05) is 51.2 Å².